The second-order valence-electron chi connectivity index (χ2n) is 3.63. The van der Waals surface area contributed by atoms with E-state index >= 15 is 0 Å². The highest BCUT2D eigenvalue weighted by Crippen LogP contribution is 2.24. The zero-order valence-electron chi connectivity index (χ0n) is 9.60. The number of aromatic nitrogens is 2. The summed E-state index contributed by atoms with van der Waals surface area (Å²) in [6.07, 6.45) is 1.46. The standard InChI is InChI=1S/C12H8Cl2N4O/c13-9-2-1-8(7-10(9)14)18-6-4-11(17-18)16-12(19)3-5-15/h1-2,4,6-7H,3H2,(H,16,17,19). The number of benzene rings is 1. The predicted molar refractivity (Wildman–Crippen MR) is 72.4 cm³/mol. The van der Waals surface area contributed by atoms with Crippen LogP contribution in [0.25, 0.3) is 5.69 Å². The quantitative estimate of drug-likeness (QED) is 0.946. The Morgan fingerprint density at radius 2 is 2.16 bits per heavy atom. The van der Waals surface area contributed by atoms with Crippen LogP contribution in [0, 0.1) is 11.3 Å². The molecule has 1 heterocycles. The van der Waals surface area contributed by atoms with Crippen LogP contribution < -0.4 is 5.32 Å². The van der Waals surface area contributed by atoms with Gasteiger partial charge in [-0.15, -0.1) is 0 Å². The maximum absolute atomic E-state index is 11.2. The molecular weight excluding hydrogens is 287 g/mol. The lowest BCUT2D eigenvalue weighted by Crippen LogP contribution is -2.10. The van der Waals surface area contributed by atoms with Gasteiger partial charge in [0.05, 0.1) is 21.8 Å². The molecule has 1 N–H and O–H groups in total. The topological polar surface area (TPSA) is 70.7 Å². The van der Waals surface area contributed by atoms with Gasteiger partial charge in [-0.05, 0) is 18.2 Å². The number of hydrogen-bond acceptors (Lipinski definition) is 3. The van der Waals surface area contributed by atoms with Crippen LogP contribution >= 0.6 is 23.2 Å². The molecule has 19 heavy (non-hydrogen) atoms. The maximum Gasteiger partial charge on any atom is 0.239 e. The highest BCUT2D eigenvalue weighted by Gasteiger charge is 2.06. The number of amides is 1. The number of rotatable bonds is 3. The fraction of sp³-hybridized carbons (Fsp3) is 0.0833. The van der Waals surface area contributed by atoms with E-state index in [9.17, 15) is 4.79 Å². The van der Waals surface area contributed by atoms with Crippen molar-refractivity contribution in [3.63, 3.8) is 0 Å². The van der Waals surface area contributed by atoms with Crippen molar-refractivity contribution in [1.82, 2.24) is 9.78 Å². The Labute approximate surface area is 119 Å². The highest BCUT2D eigenvalue weighted by molar-refractivity contribution is 6.42. The first-order valence-corrected chi connectivity index (χ1v) is 6.03. The van der Waals surface area contributed by atoms with Gasteiger partial charge in [-0.25, -0.2) is 4.68 Å². The van der Waals surface area contributed by atoms with Crippen molar-refractivity contribution in [3.8, 4) is 11.8 Å². The summed E-state index contributed by atoms with van der Waals surface area (Å²) in [6, 6.07) is 8.46. The van der Waals surface area contributed by atoms with E-state index in [-0.39, 0.29) is 6.42 Å². The van der Waals surface area contributed by atoms with E-state index in [0.717, 1.165) is 5.69 Å². The van der Waals surface area contributed by atoms with E-state index in [1.165, 1.54) is 0 Å². The number of anilines is 1. The van der Waals surface area contributed by atoms with E-state index in [4.69, 9.17) is 28.5 Å². The van der Waals surface area contributed by atoms with Gasteiger partial charge in [0.2, 0.25) is 5.91 Å². The minimum atomic E-state index is -0.401. The van der Waals surface area contributed by atoms with Gasteiger partial charge in [-0.2, -0.15) is 10.4 Å². The highest BCUT2D eigenvalue weighted by atomic mass is 35.5. The van der Waals surface area contributed by atoms with Crippen LogP contribution in [0.3, 0.4) is 0 Å². The fourth-order valence-electron chi connectivity index (χ4n) is 1.42. The molecule has 1 aromatic heterocycles. The number of nitrogens with zero attached hydrogens (tertiary/aromatic N) is 3. The predicted octanol–water partition coefficient (Wildman–Crippen LogP) is 3.03. The molecule has 2 aromatic rings. The van der Waals surface area contributed by atoms with Crippen LogP contribution in [0.4, 0.5) is 5.82 Å². The molecule has 0 unspecified atom stereocenters. The molecule has 0 saturated carbocycles. The maximum atomic E-state index is 11.2. The summed E-state index contributed by atoms with van der Waals surface area (Å²) < 4.78 is 1.55. The minimum absolute atomic E-state index is 0.209. The zero-order valence-corrected chi connectivity index (χ0v) is 11.1. The SMILES string of the molecule is N#CCC(=O)Nc1ccn(-c2ccc(Cl)c(Cl)c2)n1. The number of carbonyl (C=O) groups is 1. The number of nitrogens with one attached hydrogen (secondary N) is 1. The summed E-state index contributed by atoms with van der Waals surface area (Å²) in [7, 11) is 0. The minimum Gasteiger partial charge on any atom is -0.308 e. The van der Waals surface area contributed by atoms with Crippen molar-refractivity contribution in [2.45, 2.75) is 6.42 Å². The Morgan fingerprint density at radius 3 is 2.84 bits per heavy atom. The third kappa shape index (κ3) is 3.25. The largest absolute Gasteiger partial charge is 0.308 e. The van der Waals surface area contributed by atoms with E-state index in [0.29, 0.717) is 15.9 Å². The van der Waals surface area contributed by atoms with Gasteiger partial charge in [0, 0.05) is 12.3 Å². The van der Waals surface area contributed by atoms with Gasteiger partial charge < -0.3 is 5.32 Å². The lowest BCUT2D eigenvalue weighted by atomic mass is 10.3. The smallest absolute Gasteiger partial charge is 0.239 e. The molecule has 0 aliphatic heterocycles. The van der Waals surface area contributed by atoms with E-state index in [2.05, 4.69) is 10.4 Å². The number of carbonyl (C=O) groups excluding carboxylic acids is 1. The molecule has 0 bridgehead atoms. The molecule has 0 fully saturated rings. The van der Waals surface area contributed by atoms with Gasteiger partial charge in [0.15, 0.2) is 5.82 Å². The Balaban J connectivity index is 2.19. The molecule has 1 amide bonds. The first-order chi connectivity index (χ1) is 9.10. The first kappa shape index (κ1) is 13.4. The molecule has 2 rings (SSSR count). The molecule has 5 nitrogen and oxygen atoms in total. The van der Waals surface area contributed by atoms with Crippen molar-refractivity contribution in [2.24, 2.45) is 0 Å². The fourth-order valence-corrected chi connectivity index (χ4v) is 1.71. The molecule has 0 saturated heterocycles. The van der Waals surface area contributed by atoms with Gasteiger partial charge in [-0.3, -0.25) is 4.79 Å². The summed E-state index contributed by atoms with van der Waals surface area (Å²) >= 11 is 11.7. The van der Waals surface area contributed by atoms with Gasteiger partial charge in [0.1, 0.15) is 6.42 Å². The molecule has 96 valence electrons. The van der Waals surface area contributed by atoms with Crippen molar-refractivity contribution in [3.05, 3.63) is 40.5 Å². The zero-order chi connectivity index (χ0) is 13.8. The summed E-state index contributed by atoms with van der Waals surface area (Å²) in [5, 5.41) is 15.9. The Morgan fingerprint density at radius 1 is 1.37 bits per heavy atom. The lowest BCUT2D eigenvalue weighted by molar-refractivity contribution is -0.115. The van der Waals surface area contributed by atoms with E-state index < -0.39 is 5.91 Å². The van der Waals surface area contributed by atoms with Crippen molar-refractivity contribution in [2.75, 3.05) is 5.32 Å². The number of halogens is 2. The molecule has 0 aliphatic rings. The van der Waals surface area contributed by atoms with Crippen molar-refractivity contribution < 1.29 is 4.79 Å². The third-order valence-corrected chi connectivity index (χ3v) is 3.00. The molecule has 0 atom stereocenters. The van der Waals surface area contributed by atoms with E-state index in [1.54, 1.807) is 41.2 Å². The molecule has 0 aliphatic carbocycles. The van der Waals surface area contributed by atoms with Gasteiger partial charge in [0.25, 0.3) is 0 Å². The first-order valence-electron chi connectivity index (χ1n) is 5.28. The summed E-state index contributed by atoms with van der Waals surface area (Å²) in [5.41, 5.74) is 0.718. The van der Waals surface area contributed by atoms with Gasteiger partial charge >= 0.3 is 0 Å². The monoisotopic (exact) mass is 294 g/mol. The van der Waals surface area contributed by atoms with Crippen LogP contribution in [-0.4, -0.2) is 15.7 Å². The van der Waals surface area contributed by atoms with Crippen LogP contribution in [0.15, 0.2) is 30.5 Å². The molecule has 0 radical (unpaired) electrons. The second kappa shape index (κ2) is 5.74. The van der Waals surface area contributed by atoms with Crippen molar-refractivity contribution in [1.29, 1.82) is 5.26 Å². The summed E-state index contributed by atoms with van der Waals surface area (Å²) in [6.45, 7) is 0. The van der Waals surface area contributed by atoms with Crippen LogP contribution in [-0.2, 0) is 4.79 Å². The lowest BCUT2D eigenvalue weighted by Gasteiger charge is -2.03. The van der Waals surface area contributed by atoms with Crippen LogP contribution in [0.2, 0.25) is 10.0 Å². The summed E-state index contributed by atoms with van der Waals surface area (Å²) in [4.78, 5) is 11.2. The summed E-state index contributed by atoms with van der Waals surface area (Å²) in [5.74, 6) is -0.0341. The second-order valence-corrected chi connectivity index (χ2v) is 4.44. The van der Waals surface area contributed by atoms with Crippen LogP contribution in [0.1, 0.15) is 6.42 Å². The third-order valence-electron chi connectivity index (χ3n) is 2.26. The molecule has 0 spiro atoms. The Kier molecular flexibility index (Phi) is 4.05. The number of hydrogen-bond donors (Lipinski definition) is 1. The van der Waals surface area contributed by atoms with Crippen molar-refractivity contribution >= 4 is 34.9 Å². The Bertz CT molecular complexity index is 660. The average molecular weight is 295 g/mol. The number of nitriles is 1. The normalized spacial score (nSPS) is 9.95. The van der Waals surface area contributed by atoms with Gasteiger partial charge in [-0.1, -0.05) is 23.2 Å². The molecule has 7 heteroatoms. The molecular formula is C12H8Cl2N4O. The average Bonchev–Trinajstić information content (AvgIpc) is 2.81. The molecule has 1 aromatic carbocycles. The van der Waals surface area contributed by atoms with E-state index in [1.807, 2.05) is 0 Å². The Hall–Kier alpha value is -2.03. The van der Waals surface area contributed by atoms with Crippen LogP contribution in [0.5, 0.6) is 0 Å².